The molecule has 0 spiro atoms. The fourth-order valence-corrected chi connectivity index (χ4v) is 3.25. The molecule has 0 aliphatic carbocycles. The van der Waals surface area contributed by atoms with Crippen LogP contribution >= 0.6 is 15.9 Å². The molecule has 0 fully saturated rings. The van der Waals surface area contributed by atoms with E-state index in [2.05, 4.69) is 20.9 Å². The molecule has 0 unspecified atom stereocenters. The van der Waals surface area contributed by atoms with Gasteiger partial charge in [0.05, 0.1) is 0 Å². The van der Waals surface area contributed by atoms with Gasteiger partial charge in [0.2, 0.25) is 5.90 Å². The molecule has 0 bridgehead atoms. The highest BCUT2D eigenvalue weighted by atomic mass is 79.9. The number of hydrogen-bond acceptors (Lipinski definition) is 4. The molecule has 3 aromatic rings. The first-order chi connectivity index (χ1) is 14.1. The van der Waals surface area contributed by atoms with Crippen LogP contribution < -0.4 is 4.74 Å². The average molecular weight is 448 g/mol. The summed E-state index contributed by atoms with van der Waals surface area (Å²) < 4.78 is 12.2. The highest BCUT2D eigenvalue weighted by molar-refractivity contribution is 9.10. The molecule has 0 aromatic heterocycles. The third-order valence-corrected chi connectivity index (χ3v) is 4.91. The van der Waals surface area contributed by atoms with Crippen molar-refractivity contribution in [2.24, 2.45) is 4.99 Å². The van der Waals surface area contributed by atoms with Crippen LogP contribution in [0.25, 0.3) is 6.08 Å². The smallest absolute Gasteiger partial charge is 0.363 e. The minimum Gasteiger partial charge on any atom is -0.488 e. The van der Waals surface area contributed by atoms with E-state index >= 15 is 0 Å². The van der Waals surface area contributed by atoms with Gasteiger partial charge in [-0.3, -0.25) is 0 Å². The molecule has 3 aromatic carbocycles. The van der Waals surface area contributed by atoms with E-state index in [4.69, 9.17) is 9.47 Å². The Bertz CT molecular complexity index is 1100. The van der Waals surface area contributed by atoms with Crippen molar-refractivity contribution in [1.82, 2.24) is 0 Å². The highest BCUT2D eigenvalue weighted by Gasteiger charge is 2.24. The van der Waals surface area contributed by atoms with Crippen molar-refractivity contribution in [3.63, 3.8) is 0 Å². The van der Waals surface area contributed by atoms with E-state index in [0.29, 0.717) is 18.3 Å². The minimum absolute atomic E-state index is 0.239. The Morgan fingerprint density at radius 1 is 1.03 bits per heavy atom. The monoisotopic (exact) mass is 447 g/mol. The SMILES string of the molecule is Cc1ccc(C2=NC(=Cc3cc(Br)ccc3OCc3ccccc3)C(=O)O2)cc1. The first-order valence-electron chi connectivity index (χ1n) is 9.14. The van der Waals surface area contributed by atoms with Gasteiger partial charge in [0.1, 0.15) is 12.4 Å². The molecule has 0 radical (unpaired) electrons. The lowest BCUT2D eigenvalue weighted by Gasteiger charge is -2.10. The maximum absolute atomic E-state index is 12.3. The molecule has 4 nitrogen and oxygen atoms in total. The molecule has 0 N–H and O–H groups in total. The molecule has 29 heavy (non-hydrogen) atoms. The predicted octanol–water partition coefficient (Wildman–Crippen LogP) is 5.68. The summed E-state index contributed by atoms with van der Waals surface area (Å²) in [5.41, 5.74) is 3.94. The molecule has 1 aliphatic rings. The van der Waals surface area contributed by atoms with E-state index in [-0.39, 0.29) is 5.70 Å². The third-order valence-electron chi connectivity index (χ3n) is 4.42. The fraction of sp³-hybridized carbons (Fsp3) is 0.0833. The molecule has 144 valence electrons. The van der Waals surface area contributed by atoms with Crippen LogP contribution in [0.4, 0.5) is 0 Å². The number of carbonyl (C=O) groups excluding carboxylic acids is 1. The van der Waals surface area contributed by atoms with Crippen molar-refractivity contribution in [2.45, 2.75) is 13.5 Å². The summed E-state index contributed by atoms with van der Waals surface area (Å²) in [5.74, 6) is 0.494. The molecule has 5 heteroatoms. The van der Waals surface area contributed by atoms with E-state index < -0.39 is 5.97 Å². The predicted molar refractivity (Wildman–Crippen MR) is 117 cm³/mol. The molecular weight excluding hydrogens is 430 g/mol. The van der Waals surface area contributed by atoms with Gasteiger partial charge in [-0.15, -0.1) is 0 Å². The van der Waals surface area contributed by atoms with Crippen molar-refractivity contribution in [3.05, 3.63) is 105 Å². The second-order valence-electron chi connectivity index (χ2n) is 6.66. The van der Waals surface area contributed by atoms with Crippen LogP contribution in [0.2, 0.25) is 0 Å². The van der Waals surface area contributed by atoms with Crippen molar-refractivity contribution < 1.29 is 14.3 Å². The Hall–Kier alpha value is -3.18. The molecule has 0 atom stereocenters. The topological polar surface area (TPSA) is 47.9 Å². The maximum atomic E-state index is 12.3. The standard InChI is InChI=1S/C24H18BrNO3/c1-16-7-9-18(10-8-16)23-26-21(24(27)29-23)14-19-13-20(25)11-12-22(19)28-15-17-5-3-2-4-6-17/h2-14H,15H2,1H3. The number of benzene rings is 3. The summed E-state index contributed by atoms with van der Waals surface area (Å²) >= 11 is 3.48. The van der Waals surface area contributed by atoms with Crippen molar-refractivity contribution >= 4 is 33.9 Å². The lowest BCUT2D eigenvalue weighted by molar-refractivity contribution is -0.129. The number of nitrogens with zero attached hydrogens (tertiary/aromatic N) is 1. The molecule has 0 saturated carbocycles. The van der Waals surface area contributed by atoms with Crippen molar-refractivity contribution in [3.8, 4) is 5.75 Å². The second kappa shape index (κ2) is 8.45. The van der Waals surface area contributed by atoms with Crippen LogP contribution in [-0.2, 0) is 16.1 Å². The van der Waals surface area contributed by atoms with E-state index in [0.717, 1.165) is 26.7 Å². The Morgan fingerprint density at radius 3 is 2.55 bits per heavy atom. The Morgan fingerprint density at radius 2 is 1.79 bits per heavy atom. The number of hydrogen-bond donors (Lipinski definition) is 0. The summed E-state index contributed by atoms with van der Waals surface area (Å²) in [6.07, 6.45) is 1.69. The number of carbonyl (C=O) groups is 1. The van der Waals surface area contributed by atoms with Gasteiger partial charge in [-0.1, -0.05) is 64.0 Å². The molecular formula is C24H18BrNO3. The number of cyclic esters (lactones) is 1. The second-order valence-corrected chi connectivity index (χ2v) is 7.57. The molecule has 4 rings (SSSR count). The van der Waals surface area contributed by atoms with Gasteiger partial charge in [-0.25, -0.2) is 9.79 Å². The van der Waals surface area contributed by atoms with Gasteiger partial charge in [-0.2, -0.15) is 0 Å². The normalized spacial score (nSPS) is 14.6. The summed E-state index contributed by atoms with van der Waals surface area (Å²) in [5, 5.41) is 0. The van der Waals surface area contributed by atoms with E-state index in [1.54, 1.807) is 6.08 Å². The van der Waals surface area contributed by atoms with Crippen LogP contribution in [0.1, 0.15) is 22.3 Å². The average Bonchev–Trinajstić information content (AvgIpc) is 3.09. The molecule has 1 aliphatic heterocycles. The molecule has 0 saturated heterocycles. The lowest BCUT2D eigenvalue weighted by atomic mass is 10.1. The molecule has 1 heterocycles. The Labute approximate surface area is 177 Å². The van der Waals surface area contributed by atoms with E-state index in [1.807, 2.05) is 79.7 Å². The van der Waals surface area contributed by atoms with Crippen molar-refractivity contribution in [2.75, 3.05) is 0 Å². The zero-order valence-corrected chi connectivity index (χ0v) is 17.3. The number of ether oxygens (including phenoxy) is 2. The van der Waals surface area contributed by atoms with Gasteiger partial charge in [0.25, 0.3) is 0 Å². The Kier molecular flexibility index (Phi) is 5.58. The largest absolute Gasteiger partial charge is 0.488 e. The number of aliphatic imine (C=N–C) groups is 1. The number of rotatable bonds is 5. The third kappa shape index (κ3) is 4.63. The quantitative estimate of drug-likeness (QED) is 0.373. The van der Waals surface area contributed by atoms with Crippen LogP contribution in [-0.4, -0.2) is 11.9 Å². The fourth-order valence-electron chi connectivity index (χ4n) is 2.87. The van der Waals surface area contributed by atoms with E-state index in [1.165, 1.54) is 0 Å². The summed E-state index contributed by atoms with van der Waals surface area (Å²) in [7, 11) is 0. The van der Waals surface area contributed by atoms with Crippen LogP contribution in [0.3, 0.4) is 0 Å². The van der Waals surface area contributed by atoms with Gasteiger partial charge < -0.3 is 9.47 Å². The first-order valence-corrected chi connectivity index (χ1v) is 9.94. The number of aryl methyl sites for hydroxylation is 1. The van der Waals surface area contributed by atoms with Gasteiger partial charge in [0.15, 0.2) is 5.70 Å². The zero-order chi connectivity index (χ0) is 20.2. The van der Waals surface area contributed by atoms with Gasteiger partial charge in [-0.05, 0) is 48.9 Å². The summed E-state index contributed by atoms with van der Waals surface area (Å²) in [4.78, 5) is 16.7. The highest BCUT2D eigenvalue weighted by Crippen LogP contribution is 2.28. The lowest BCUT2D eigenvalue weighted by Crippen LogP contribution is -2.05. The van der Waals surface area contributed by atoms with Crippen LogP contribution in [0, 0.1) is 6.92 Å². The zero-order valence-electron chi connectivity index (χ0n) is 15.8. The summed E-state index contributed by atoms with van der Waals surface area (Å²) in [6.45, 7) is 2.43. The van der Waals surface area contributed by atoms with Crippen LogP contribution in [0.15, 0.2) is 88.0 Å². The van der Waals surface area contributed by atoms with Gasteiger partial charge >= 0.3 is 5.97 Å². The number of halogens is 1. The first kappa shape index (κ1) is 19.2. The summed E-state index contributed by atoms with van der Waals surface area (Å²) in [6, 6.07) is 23.3. The maximum Gasteiger partial charge on any atom is 0.363 e. The van der Waals surface area contributed by atoms with Gasteiger partial charge in [0, 0.05) is 15.6 Å². The Balaban J connectivity index is 1.62. The number of esters is 1. The minimum atomic E-state index is -0.477. The molecule has 0 amide bonds. The van der Waals surface area contributed by atoms with Crippen LogP contribution in [0.5, 0.6) is 5.75 Å². The van der Waals surface area contributed by atoms with Crippen molar-refractivity contribution in [1.29, 1.82) is 0 Å². The van der Waals surface area contributed by atoms with E-state index in [9.17, 15) is 4.79 Å².